The Hall–Kier alpha value is -1.75. The number of benzene rings is 1. The maximum Gasteiger partial charge on any atom is 0.224 e. The lowest BCUT2D eigenvalue weighted by atomic mass is 10.0. The zero-order chi connectivity index (χ0) is 15.4. The first-order chi connectivity index (χ1) is 10.8. The van der Waals surface area contributed by atoms with Crippen LogP contribution >= 0.6 is 0 Å². The molecule has 0 radical (unpaired) electrons. The molecule has 0 aromatic heterocycles. The van der Waals surface area contributed by atoms with Crippen LogP contribution in [0.2, 0.25) is 0 Å². The zero-order valence-electron chi connectivity index (χ0n) is 13.2. The van der Waals surface area contributed by atoms with Crippen molar-refractivity contribution in [3.05, 3.63) is 24.3 Å². The number of piperidine rings is 1. The number of nitrogens with one attached hydrogen (secondary N) is 2. The lowest BCUT2D eigenvalue weighted by Gasteiger charge is -2.35. The number of hydrogen-bond donors (Lipinski definition) is 2. The van der Waals surface area contributed by atoms with E-state index in [1.54, 1.807) is 7.11 Å². The third kappa shape index (κ3) is 3.35. The molecule has 2 N–H and O–H groups in total. The summed E-state index contributed by atoms with van der Waals surface area (Å²) < 4.78 is 5.44. The highest BCUT2D eigenvalue weighted by Crippen LogP contribution is 2.29. The summed E-state index contributed by atoms with van der Waals surface area (Å²) in [5.74, 6) is 1.30. The van der Waals surface area contributed by atoms with Crippen LogP contribution in [0.25, 0.3) is 0 Å². The fourth-order valence-corrected chi connectivity index (χ4v) is 3.35. The molecule has 2 aliphatic rings. The largest absolute Gasteiger partial charge is 0.495 e. The van der Waals surface area contributed by atoms with E-state index < -0.39 is 0 Å². The van der Waals surface area contributed by atoms with Gasteiger partial charge in [-0.1, -0.05) is 12.1 Å². The van der Waals surface area contributed by atoms with Crippen molar-refractivity contribution in [2.75, 3.05) is 38.2 Å². The van der Waals surface area contributed by atoms with Crippen molar-refractivity contribution in [3.8, 4) is 5.75 Å². The maximum atomic E-state index is 12.2. The minimum atomic E-state index is 0.159. The fourth-order valence-electron chi connectivity index (χ4n) is 3.35. The Morgan fingerprint density at radius 2 is 2.05 bits per heavy atom. The van der Waals surface area contributed by atoms with Crippen LogP contribution in [0.3, 0.4) is 0 Å². The van der Waals surface area contributed by atoms with Gasteiger partial charge in [-0.2, -0.15) is 0 Å². The van der Waals surface area contributed by atoms with Crippen LogP contribution in [-0.2, 0) is 4.79 Å². The number of nitrogens with zero attached hydrogens (tertiary/aromatic N) is 1. The van der Waals surface area contributed by atoms with Crippen LogP contribution in [0.15, 0.2) is 24.3 Å². The van der Waals surface area contributed by atoms with Gasteiger partial charge in [0.05, 0.1) is 18.7 Å². The highest BCUT2D eigenvalue weighted by Gasteiger charge is 2.27. The monoisotopic (exact) mass is 303 g/mol. The van der Waals surface area contributed by atoms with Crippen LogP contribution in [0.1, 0.15) is 19.3 Å². The van der Waals surface area contributed by atoms with Crippen molar-refractivity contribution in [1.82, 2.24) is 10.6 Å². The first kappa shape index (κ1) is 15.2. The van der Waals surface area contributed by atoms with Gasteiger partial charge in [0, 0.05) is 25.7 Å². The average molecular weight is 303 g/mol. The molecule has 1 amide bonds. The molecule has 2 heterocycles. The summed E-state index contributed by atoms with van der Waals surface area (Å²) in [6, 6.07) is 8.43. The molecule has 5 nitrogen and oxygen atoms in total. The van der Waals surface area contributed by atoms with Crippen molar-refractivity contribution in [3.63, 3.8) is 0 Å². The molecule has 5 heteroatoms. The number of rotatable bonds is 4. The summed E-state index contributed by atoms with van der Waals surface area (Å²) in [4.78, 5) is 14.5. The SMILES string of the molecule is COc1ccccc1N1CCC(NC(=O)C2CCNC2)CC1. The molecular formula is C17H25N3O2. The van der Waals surface area contributed by atoms with Crippen LogP contribution in [0, 0.1) is 5.92 Å². The molecule has 0 aliphatic carbocycles. The number of para-hydroxylation sites is 2. The Kier molecular flexibility index (Phi) is 4.83. The predicted octanol–water partition coefficient (Wildman–Crippen LogP) is 1.39. The summed E-state index contributed by atoms with van der Waals surface area (Å²) in [5, 5.41) is 6.47. The minimum Gasteiger partial charge on any atom is -0.495 e. The lowest BCUT2D eigenvalue weighted by molar-refractivity contribution is -0.125. The van der Waals surface area contributed by atoms with Crippen LogP contribution in [0.4, 0.5) is 5.69 Å². The molecule has 2 saturated heterocycles. The van der Waals surface area contributed by atoms with E-state index in [1.165, 1.54) is 0 Å². The Balaban J connectivity index is 1.53. The molecule has 1 aromatic rings. The molecule has 0 saturated carbocycles. The highest BCUT2D eigenvalue weighted by atomic mass is 16.5. The molecule has 1 unspecified atom stereocenters. The van der Waals surface area contributed by atoms with Crippen molar-refractivity contribution in [1.29, 1.82) is 0 Å². The smallest absolute Gasteiger partial charge is 0.224 e. The van der Waals surface area contributed by atoms with Crippen LogP contribution < -0.4 is 20.3 Å². The number of methoxy groups -OCH3 is 1. The number of ether oxygens (including phenoxy) is 1. The summed E-state index contributed by atoms with van der Waals surface area (Å²) >= 11 is 0. The summed E-state index contributed by atoms with van der Waals surface area (Å²) in [5.41, 5.74) is 1.15. The third-order valence-electron chi connectivity index (χ3n) is 4.70. The molecule has 2 fully saturated rings. The Morgan fingerprint density at radius 1 is 1.27 bits per heavy atom. The molecule has 1 aromatic carbocycles. The fraction of sp³-hybridized carbons (Fsp3) is 0.588. The second-order valence-electron chi connectivity index (χ2n) is 6.13. The van der Waals surface area contributed by atoms with Crippen LogP contribution in [-0.4, -0.2) is 45.2 Å². The molecule has 2 aliphatic heterocycles. The predicted molar refractivity (Wildman–Crippen MR) is 87.3 cm³/mol. The Morgan fingerprint density at radius 3 is 2.73 bits per heavy atom. The van der Waals surface area contributed by atoms with E-state index in [0.29, 0.717) is 6.04 Å². The minimum absolute atomic E-state index is 0.159. The standard InChI is InChI=1S/C17H25N3O2/c1-22-16-5-3-2-4-15(16)20-10-7-14(8-11-20)19-17(21)13-6-9-18-12-13/h2-5,13-14,18H,6-12H2,1H3,(H,19,21). The summed E-state index contributed by atoms with van der Waals surface area (Å²) in [6.45, 7) is 3.69. The lowest BCUT2D eigenvalue weighted by Crippen LogP contribution is -2.46. The second kappa shape index (κ2) is 7.01. The van der Waals surface area contributed by atoms with Crippen LogP contribution in [0.5, 0.6) is 5.75 Å². The average Bonchev–Trinajstić information content (AvgIpc) is 3.10. The van der Waals surface area contributed by atoms with E-state index in [-0.39, 0.29) is 11.8 Å². The Bertz CT molecular complexity index is 506. The van der Waals surface area contributed by atoms with Gasteiger partial charge in [-0.15, -0.1) is 0 Å². The topological polar surface area (TPSA) is 53.6 Å². The van der Waals surface area contributed by atoms with Gasteiger partial charge in [-0.05, 0) is 37.9 Å². The number of amides is 1. The molecule has 0 spiro atoms. The van der Waals surface area contributed by atoms with Gasteiger partial charge < -0.3 is 20.3 Å². The van der Waals surface area contributed by atoms with E-state index in [4.69, 9.17) is 4.74 Å². The van der Waals surface area contributed by atoms with Gasteiger partial charge in [0.25, 0.3) is 0 Å². The van der Waals surface area contributed by atoms with Crippen molar-refractivity contribution >= 4 is 11.6 Å². The highest BCUT2D eigenvalue weighted by molar-refractivity contribution is 5.79. The van der Waals surface area contributed by atoms with E-state index in [2.05, 4.69) is 21.6 Å². The van der Waals surface area contributed by atoms with Crippen molar-refractivity contribution < 1.29 is 9.53 Å². The first-order valence-electron chi connectivity index (χ1n) is 8.17. The van der Waals surface area contributed by atoms with E-state index >= 15 is 0 Å². The molecular weight excluding hydrogens is 278 g/mol. The van der Waals surface area contributed by atoms with Crippen molar-refractivity contribution in [2.24, 2.45) is 5.92 Å². The maximum absolute atomic E-state index is 12.2. The van der Waals surface area contributed by atoms with Crippen molar-refractivity contribution in [2.45, 2.75) is 25.3 Å². The number of carbonyl (C=O) groups excluding carboxylic acids is 1. The van der Waals surface area contributed by atoms with E-state index in [0.717, 1.165) is 56.9 Å². The number of hydrogen-bond acceptors (Lipinski definition) is 4. The van der Waals surface area contributed by atoms with Gasteiger partial charge in [-0.3, -0.25) is 4.79 Å². The third-order valence-corrected chi connectivity index (χ3v) is 4.70. The van der Waals surface area contributed by atoms with Gasteiger partial charge in [0.2, 0.25) is 5.91 Å². The molecule has 22 heavy (non-hydrogen) atoms. The molecule has 3 rings (SSSR count). The van der Waals surface area contributed by atoms with Gasteiger partial charge in [-0.25, -0.2) is 0 Å². The summed E-state index contributed by atoms with van der Waals surface area (Å²) in [6.07, 6.45) is 2.94. The normalized spacial score (nSPS) is 22.6. The first-order valence-corrected chi connectivity index (χ1v) is 8.17. The van der Waals surface area contributed by atoms with Gasteiger partial charge in [0.1, 0.15) is 5.75 Å². The molecule has 1 atom stereocenters. The van der Waals surface area contributed by atoms with E-state index in [9.17, 15) is 4.79 Å². The second-order valence-corrected chi connectivity index (χ2v) is 6.13. The number of anilines is 1. The number of carbonyl (C=O) groups is 1. The summed E-state index contributed by atoms with van der Waals surface area (Å²) in [7, 11) is 1.71. The zero-order valence-corrected chi connectivity index (χ0v) is 13.2. The molecule has 0 bridgehead atoms. The van der Waals surface area contributed by atoms with E-state index in [1.807, 2.05) is 18.2 Å². The van der Waals surface area contributed by atoms with Gasteiger partial charge in [0.15, 0.2) is 0 Å². The quantitative estimate of drug-likeness (QED) is 0.882. The Labute approximate surface area is 132 Å². The van der Waals surface area contributed by atoms with Gasteiger partial charge >= 0.3 is 0 Å². The molecule has 120 valence electrons.